The first kappa shape index (κ1) is 11.9. The van der Waals surface area contributed by atoms with Gasteiger partial charge in [-0.3, -0.25) is 4.79 Å². The number of hydrogen-bond donors (Lipinski definition) is 0. The van der Waals surface area contributed by atoms with Gasteiger partial charge in [0, 0.05) is 5.41 Å². The molecular weight excluding hydrogens is 204 g/mol. The molecule has 3 nitrogen and oxygen atoms in total. The summed E-state index contributed by atoms with van der Waals surface area (Å²) in [5, 5.41) is 0. The third kappa shape index (κ3) is 2.24. The Morgan fingerprint density at radius 2 is 2.12 bits per heavy atom. The Labute approximate surface area is 97.5 Å². The third-order valence-corrected chi connectivity index (χ3v) is 4.54. The topological polar surface area (TPSA) is 38.8 Å². The molecule has 0 spiro atoms. The quantitative estimate of drug-likeness (QED) is 0.548. The predicted molar refractivity (Wildman–Crippen MR) is 61.0 cm³/mol. The van der Waals surface area contributed by atoms with Crippen LogP contribution in [0.15, 0.2) is 0 Å². The van der Waals surface area contributed by atoms with Gasteiger partial charge in [0.15, 0.2) is 0 Å². The molecule has 92 valence electrons. The lowest BCUT2D eigenvalue weighted by Gasteiger charge is -2.41. The van der Waals surface area contributed by atoms with Gasteiger partial charge in [0.05, 0.1) is 26.2 Å². The zero-order valence-electron chi connectivity index (χ0n) is 10.5. The summed E-state index contributed by atoms with van der Waals surface area (Å²) in [6.45, 7) is 5.43. The van der Waals surface area contributed by atoms with E-state index in [1.807, 2.05) is 0 Å². The molecule has 4 atom stereocenters. The Bertz CT molecular complexity index is 272. The summed E-state index contributed by atoms with van der Waals surface area (Å²) < 4.78 is 10.3. The van der Waals surface area contributed by atoms with Gasteiger partial charge in [-0.25, -0.2) is 0 Å². The highest BCUT2D eigenvalue weighted by atomic mass is 16.6. The van der Waals surface area contributed by atoms with Gasteiger partial charge in [0.2, 0.25) is 0 Å². The fourth-order valence-corrected chi connectivity index (χ4v) is 3.07. The zero-order chi connectivity index (χ0) is 11.8. The first-order valence-electron chi connectivity index (χ1n) is 6.26. The standard InChI is InChI=1S/C13H22O3/c1-9-4-5-13(6-10(9)2,11-8-16-11)7-12(14)15-3/h9-11H,4-8H2,1-3H3. The van der Waals surface area contributed by atoms with Crippen molar-refractivity contribution in [3.63, 3.8) is 0 Å². The Hall–Kier alpha value is -0.570. The number of epoxide rings is 1. The SMILES string of the molecule is COC(=O)CC1(C2CO2)CCC(C)C(C)C1. The molecular formula is C13H22O3. The van der Waals surface area contributed by atoms with Gasteiger partial charge in [-0.2, -0.15) is 0 Å². The smallest absolute Gasteiger partial charge is 0.306 e. The van der Waals surface area contributed by atoms with Crippen molar-refractivity contribution < 1.29 is 14.3 Å². The minimum Gasteiger partial charge on any atom is -0.469 e. The molecule has 1 saturated heterocycles. The van der Waals surface area contributed by atoms with Crippen LogP contribution in [0.1, 0.15) is 39.5 Å². The molecule has 3 heteroatoms. The van der Waals surface area contributed by atoms with Crippen LogP contribution in [0.2, 0.25) is 0 Å². The Kier molecular flexibility index (Phi) is 3.24. The fraction of sp³-hybridized carbons (Fsp3) is 0.923. The van der Waals surface area contributed by atoms with Gasteiger partial charge in [-0.1, -0.05) is 13.8 Å². The maximum atomic E-state index is 11.5. The van der Waals surface area contributed by atoms with Gasteiger partial charge in [0.1, 0.15) is 0 Å². The van der Waals surface area contributed by atoms with Crippen LogP contribution < -0.4 is 0 Å². The van der Waals surface area contributed by atoms with E-state index in [0.29, 0.717) is 18.4 Å². The van der Waals surface area contributed by atoms with E-state index in [9.17, 15) is 4.79 Å². The third-order valence-electron chi connectivity index (χ3n) is 4.54. The lowest BCUT2D eigenvalue weighted by atomic mass is 9.63. The minimum atomic E-state index is -0.0859. The van der Waals surface area contributed by atoms with Gasteiger partial charge in [0.25, 0.3) is 0 Å². The molecule has 0 aromatic heterocycles. The Balaban J connectivity index is 2.07. The van der Waals surface area contributed by atoms with E-state index in [2.05, 4.69) is 13.8 Å². The van der Waals surface area contributed by atoms with Crippen molar-refractivity contribution in [1.82, 2.24) is 0 Å². The van der Waals surface area contributed by atoms with Crippen LogP contribution in [-0.2, 0) is 14.3 Å². The predicted octanol–water partition coefficient (Wildman–Crippen LogP) is 2.39. The van der Waals surface area contributed by atoms with Gasteiger partial charge in [-0.15, -0.1) is 0 Å². The largest absolute Gasteiger partial charge is 0.469 e. The first-order valence-corrected chi connectivity index (χ1v) is 6.26. The lowest BCUT2D eigenvalue weighted by Crippen LogP contribution is -2.38. The number of hydrogen-bond acceptors (Lipinski definition) is 3. The van der Waals surface area contributed by atoms with E-state index in [-0.39, 0.29) is 11.4 Å². The summed E-state index contributed by atoms with van der Waals surface area (Å²) in [5.41, 5.74) is 0.0685. The summed E-state index contributed by atoms with van der Waals surface area (Å²) in [5.74, 6) is 1.37. The molecule has 2 rings (SSSR count). The molecule has 1 aliphatic carbocycles. The molecule has 2 fully saturated rings. The van der Waals surface area contributed by atoms with Gasteiger partial charge in [-0.05, 0) is 31.1 Å². The average Bonchev–Trinajstić information content (AvgIpc) is 3.07. The van der Waals surface area contributed by atoms with E-state index in [1.165, 1.54) is 13.5 Å². The molecule has 2 aliphatic rings. The number of carbonyl (C=O) groups is 1. The van der Waals surface area contributed by atoms with Crippen molar-refractivity contribution in [3.05, 3.63) is 0 Å². The van der Waals surface area contributed by atoms with Crippen LogP contribution in [-0.4, -0.2) is 25.8 Å². The van der Waals surface area contributed by atoms with Crippen molar-refractivity contribution in [2.75, 3.05) is 13.7 Å². The van der Waals surface area contributed by atoms with Crippen molar-refractivity contribution in [3.8, 4) is 0 Å². The van der Waals surface area contributed by atoms with Crippen molar-refractivity contribution >= 4 is 5.97 Å². The summed E-state index contributed by atoms with van der Waals surface area (Å²) in [6.07, 6.45) is 4.26. The van der Waals surface area contributed by atoms with E-state index in [4.69, 9.17) is 9.47 Å². The van der Waals surface area contributed by atoms with E-state index in [0.717, 1.165) is 25.4 Å². The molecule has 0 N–H and O–H groups in total. The minimum absolute atomic E-state index is 0.0685. The maximum Gasteiger partial charge on any atom is 0.306 e. The number of rotatable bonds is 3. The average molecular weight is 226 g/mol. The van der Waals surface area contributed by atoms with Crippen molar-refractivity contribution in [1.29, 1.82) is 0 Å². The van der Waals surface area contributed by atoms with Crippen molar-refractivity contribution in [2.24, 2.45) is 17.3 Å². The van der Waals surface area contributed by atoms with Gasteiger partial charge >= 0.3 is 5.97 Å². The summed E-state index contributed by atoms with van der Waals surface area (Å²) in [6, 6.07) is 0. The number of ether oxygens (including phenoxy) is 2. The molecule has 1 saturated carbocycles. The van der Waals surface area contributed by atoms with Crippen molar-refractivity contribution in [2.45, 2.75) is 45.6 Å². The van der Waals surface area contributed by atoms with Gasteiger partial charge < -0.3 is 9.47 Å². The van der Waals surface area contributed by atoms with E-state index in [1.54, 1.807) is 0 Å². The number of methoxy groups -OCH3 is 1. The first-order chi connectivity index (χ1) is 7.57. The molecule has 0 amide bonds. The summed E-state index contributed by atoms with van der Waals surface area (Å²) in [7, 11) is 1.47. The van der Waals surface area contributed by atoms with Crippen LogP contribution in [0, 0.1) is 17.3 Å². The zero-order valence-corrected chi connectivity index (χ0v) is 10.5. The second-order valence-electron chi connectivity index (χ2n) is 5.63. The molecule has 0 aromatic rings. The van der Waals surface area contributed by atoms with Crippen LogP contribution in [0.3, 0.4) is 0 Å². The molecule has 4 unspecified atom stereocenters. The second kappa shape index (κ2) is 4.36. The Morgan fingerprint density at radius 3 is 2.62 bits per heavy atom. The molecule has 16 heavy (non-hydrogen) atoms. The molecule has 0 radical (unpaired) electrons. The molecule has 0 aromatic carbocycles. The molecule has 0 bridgehead atoms. The highest BCUT2D eigenvalue weighted by Crippen LogP contribution is 2.51. The molecule has 1 heterocycles. The fourth-order valence-electron chi connectivity index (χ4n) is 3.07. The maximum absolute atomic E-state index is 11.5. The lowest BCUT2D eigenvalue weighted by molar-refractivity contribution is -0.145. The second-order valence-corrected chi connectivity index (χ2v) is 5.63. The van der Waals surface area contributed by atoms with Crippen LogP contribution in [0.5, 0.6) is 0 Å². The highest BCUT2D eigenvalue weighted by molar-refractivity contribution is 5.70. The summed E-state index contributed by atoms with van der Waals surface area (Å²) >= 11 is 0. The number of carbonyl (C=O) groups excluding carboxylic acids is 1. The molecule has 1 aliphatic heterocycles. The van der Waals surface area contributed by atoms with Crippen LogP contribution in [0.25, 0.3) is 0 Å². The Morgan fingerprint density at radius 1 is 1.44 bits per heavy atom. The summed E-state index contributed by atoms with van der Waals surface area (Å²) in [4.78, 5) is 11.5. The number of esters is 1. The van der Waals surface area contributed by atoms with E-state index >= 15 is 0 Å². The highest BCUT2D eigenvalue weighted by Gasteiger charge is 2.51. The van der Waals surface area contributed by atoms with E-state index < -0.39 is 0 Å². The monoisotopic (exact) mass is 226 g/mol. The van der Waals surface area contributed by atoms with Crippen LogP contribution in [0.4, 0.5) is 0 Å². The van der Waals surface area contributed by atoms with Crippen LogP contribution >= 0.6 is 0 Å². The normalized spacial score (nSPS) is 42.8.